The van der Waals surface area contributed by atoms with Gasteiger partial charge in [-0.15, -0.1) is 0 Å². The van der Waals surface area contributed by atoms with Crippen molar-refractivity contribution in [2.75, 3.05) is 10.6 Å². The van der Waals surface area contributed by atoms with Gasteiger partial charge in [-0.05, 0) is 49.6 Å². The number of pyridine rings is 2. The first-order valence-corrected chi connectivity index (χ1v) is 9.86. The number of imidazole rings is 1. The van der Waals surface area contributed by atoms with Gasteiger partial charge in [0.1, 0.15) is 5.82 Å². The van der Waals surface area contributed by atoms with Crippen LogP contribution in [0.5, 0.6) is 0 Å². The summed E-state index contributed by atoms with van der Waals surface area (Å²) >= 11 is 0. The normalized spacial score (nSPS) is 18.8. The molecule has 0 spiro atoms. The van der Waals surface area contributed by atoms with Gasteiger partial charge in [-0.25, -0.2) is 9.97 Å². The summed E-state index contributed by atoms with van der Waals surface area (Å²) < 4.78 is 1.58. The molecule has 0 radical (unpaired) electrons. The van der Waals surface area contributed by atoms with Gasteiger partial charge in [0.15, 0.2) is 0 Å². The topological polar surface area (TPSA) is 87.6 Å². The molecule has 0 aliphatic heterocycles. The smallest absolute Gasteiger partial charge is 0.255 e. The molecule has 146 valence electrons. The van der Waals surface area contributed by atoms with E-state index in [1.807, 2.05) is 42.5 Å². The molecule has 0 amide bonds. The summed E-state index contributed by atoms with van der Waals surface area (Å²) in [5.41, 5.74) is 2.72. The van der Waals surface area contributed by atoms with E-state index in [4.69, 9.17) is 0 Å². The second-order valence-corrected chi connectivity index (χ2v) is 7.41. The van der Waals surface area contributed by atoms with Crippen LogP contribution in [0.1, 0.15) is 19.3 Å². The summed E-state index contributed by atoms with van der Waals surface area (Å²) in [6, 6.07) is 17.7. The Morgan fingerprint density at radius 1 is 0.966 bits per heavy atom. The van der Waals surface area contributed by atoms with Crippen molar-refractivity contribution in [1.29, 1.82) is 0 Å². The number of H-pyrrole nitrogens is 1. The molecule has 3 aromatic heterocycles. The van der Waals surface area contributed by atoms with Gasteiger partial charge >= 0.3 is 0 Å². The van der Waals surface area contributed by atoms with Crippen molar-refractivity contribution in [3.05, 3.63) is 77.3 Å². The maximum atomic E-state index is 11.9. The average molecular weight is 386 g/mol. The number of benzene rings is 1. The maximum Gasteiger partial charge on any atom is 0.255 e. The predicted molar refractivity (Wildman–Crippen MR) is 115 cm³/mol. The van der Waals surface area contributed by atoms with E-state index in [9.17, 15) is 4.79 Å². The van der Waals surface area contributed by atoms with Crippen molar-refractivity contribution in [2.45, 2.75) is 31.3 Å². The Morgan fingerprint density at radius 2 is 1.79 bits per heavy atom. The van der Waals surface area contributed by atoms with Crippen LogP contribution >= 0.6 is 0 Å². The van der Waals surface area contributed by atoms with Crippen LogP contribution in [0.2, 0.25) is 0 Å². The Balaban J connectivity index is 1.21. The quantitative estimate of drug-likeness (QED) is 0.488. The monoisotopic (exact) mass is 386 g/mol. The number of fused-ring (bicyclic) bond motifs is 1. The molecule has 0 saturated heterocycles. The third-order valence-electron chi connectivity index (χ3n) is 5.36. The Morgan fingerprint density at radius 3 is 2.59 bits per heavy atom. The molecule has 3 heterocycles. The van der Waals surface area contributed by atoms with Crippen LogP contribution < -0.4 is 16.2 Å². The number of rotatable bonds is 5. The van der Waals surface area contributed by atoms with E-state index < -0.39 is 0 Å². The van der Waals surface area contributed by atoms with Crippen LogP contribution in [0.25, 0.3) is 16.7 Å². The van der Waals surface area contributed by atoms with E-state index in [1.54, 1.807) is 29.1 Å². The van der Waals surface area contributed by atoms with Crippen molar-refractivity contribution in [1.82, 2.24) is 19.5 Å². The molecule has 7 heteroatoms. The summed E-state index contributed by atoms with van der Waals surface area (Å²) in [5, 5.41) is 7.03. The Labute approximate surface area is 167 Å². The van der Waals surface area contributed by atoms with Crippen molar-refractivity contribution in [2.24, 2.45) is 0 Å². The number of para-hydroxylation sites is 2. The number of nitrogens with zero attached hydrogens (tertiary/aromatic N) is 3. The van der Waals surface area contributed by atoms with Crippen LogP contribution in [0.3, 0.4) is 0 Å². The molecule has 2 atom stereocenters. The molecule has 4 aromatic rings. The van der Waals surface area contributed by atoms with Crippen LogP contribution in [0.4, 0.5) is 11.8 Å². The molecule has 1 aliphatic rings. The fourth-order valence-corrected chi connectivity index (χ4v) is 3.92. The number of aromatic nitrogens is 4. The average Bonchev–Trinajstić information content (AvgIpc) is 3.35. The SMILES string of the molecule is O=c1ccccn1-c1ccc(N[C@H]2CC[C@H](Nc3nc4ccccc4[nH]3)C2)nc1. The minimum absolute atomic E-state index is 0.0645. The molecule has 5 rings (SSSR count). The summed E-state index contributed by atoms with van der Waals surface area (Å²) in [6.07, 6.45) is 6.62. The van der Waals surface area contributed by atoms with E-state index in [2.05, 4.69) is 25.6 Å². The lowest BCUT2D eigenvalue weighted by Crippen LogP contribution is -2.21. The highest BCUT2D eigenvalue weighted by Gasteiger charge is 2.25. The van der Waals surface area contributed by atoms with Gasteiger partial charge in [-0.3, -0.25) is 9.36 Å². The predicted octanol–water partition coefficient (Wildman–Crippen LogP) is 3.55. The highest BCUT2D eigenvalue weighted by molar-refractivity contribution is 5.77. The number of anilines is 2. The lowest BCUT2D eigenvalue weighted by Gasteiger charge is -2.15. The highest BCUT2D eigenvalue weighted by Crippen LogP contribution is 2.25. The third-order valence-corrected chi connectivity index (χ3v) is 5.36. The number of hydrogen-bond donors (Lipinski definition) is 3. The summed E-state index contributed by atoms with van der Waals surface area (Å²) in [7, 11) is 0. The van der Waals surface area contributed by atoms with E-state index in [0.717, 1.165) is 47.7 Å². The summed E-state index contributed by atoms with van der Waals surface area (Å²) in [6.45, 7) is 0. The number of aromatic amines is 1. The van der Waals surface area contributed by atoms with Gasteiger partial charge in [-0.2, -0.15) is 0 Å². The number of nitrogens with one attached hydrogen (secondary N) is 3. The molecule has 1 aromatic carbocycles. The summed E-state index contributed by atoms with van der Waals surface area (Å²) in [4.78, 5) is 24.4. The van der Waals surface area contributed by atoms with Crippen LogP contribution in [0, 0.1) is 0 Å². The van der Waals surface area contributed by atoms with Gasteiger partial charge in [0.2, 0.25) is 5.95 Å². The lowest BCUT2D eigenvalue weighted by atomic mass is 10.2. The maximum absolute atomic E-state index is 11.9. The van der Waals surface area contributed by atoms with E-state index >= 15 is 0 Å². The van der Waals surface area contributed by atoms with Crippen molar-refractivity contribution >= 4 is 22.8 Å². The third kappa shape index (κ3) is 3.71. The standard InChI is InChI=1S/C22H22N6O/c29-21-7-3-4-12-28(21)17-10-11-20(23-14-17)24-15-8-9-16(13-15)25-22-26-18-5-1-2-6-19(18)27-22/h1-7,10-12,14-16H,8-9,13H2,(H,23,24)(H2,25,26,27)/t15-,16-/m0/s1. The second kappa shape index (κ2) is 7.43. The first kappa shape index (κ1) is 17.5. The Hall–Kier alpha value is -3.61. The zero-order chi connectivity index (χ0) is 19.6. The fraction of sp³-hybridized carbons (Fsp3) is 0.227. The van der Waals surface area contributed by atoms with Crippen LogP contribution in [-0.2, 0) is 0 Å². The van der Waals surface area contributed by atoms with Crippen molar-refractivity contribution in [3.63, 3.8) is 0 Å². The van der Waals surface area contributed by atoms with Crippen LogP contribution in [0.15, 0.2) is 71.8 Å². The molecule has 7 nitrogen and oxygen atoms in total. The van der Waals surface area contributed by atoms with Gasteiger partial charge in [0, 0.05) is 24.3 Å². The second-order valence-electron chi connectivity index (χ2n) is 7.41. The van der Waals surface area contributed by atoms with E-state index in [-0.39, 0.29) is 5.56 Å². The molecule has 0 unspecified atom stereocenters. The van der Waals surface area contributed by atoms with Gasteiger partial charge in [0.05, 0.1) is 22.9 Å². The van der Waals surface area contributed by atoms with E-state index in [1.165, 1.54) is 0 Å². The Kier molecular flexibility index (Phi) is 4.48. The minimum Gasteiger partial charge on any atom is -0.367 e. The number of hydrogen-bond acceptors (Lipinski definition) is 5. The van der Waals surface area contributed by atoms with Crippen LogP contribution in [-0.4, -0.2) is 31.6 Å². The largest absolute Gasteiger partial charge is 0.367 e. The molecule has 1 saturated carbocycles. The summed E-state index contributed by atoms with van der Waals surface area (Å²) in [5.74, 6) is 1.65. The van der Waals surface area contributed by atoms with Gasteiger partial charge < -0.3 is 15.6 Å². The molecule has 1 fully saturated rings. The highest BCUT2D eigenvalue weighted by atomic mass is 16.1. The molecule has 0 bridgehead atoms. The van der Waals surface area contributed by atoms with Gasteiger partial charge in [0.25, 0.3) is 5.56 Å². The zero-order valence-corrected chi connectivity index (χ0v) is 15.9. The van der Waals surface area contributed by atoms with E-state index in [0.29, 0.717) is 12.1 Å². The molecule has 1 aliphatic carbocycles. The first-order valence-electron chi connectivity index (χ1n) is 9.86. The van der Waals surface area contributed by atoms with Crippen molar-refractivity contribution < 1.29 is 0 Å². The first-order chi connectivity index (χ1) is 14.2. The minimum atomic E-state index is -0.0645. The molecular weight excluding hydrogens is 364 g/mol. The lowest BCUT2D eigenvalue weighted by molar-refractivity contribution is 0.718. The van der Waals surface area contributed by atoms with Gasteiger partial charge in [-0.1, -0.05) is 18.2 Å². The molecule has 3 N–H and O–H groups in total. The Bertz CT molecular complexity index is 1150. The molecular formula is C22H22N6O. The zero-order valence-electron chi connectivity index (χ0n) is 15.9. The molecule has 29 heavy (non-hydrogen) atoms. The fourth-order valence-electron chi connectivity index (χ4n) is 3.92. The van der Waals surface area contributed by atoms with Crippen molar-refractivity contribution in [3.8, 4) is 5.69 Å².